The molecule has 1 aliphatic heterocycles. The number of likely N-dealkylation sites (tertiary alicyclic amines) is 1. The van der Waals surface area contributed by atoms with E-state index in [0.717, 1.165) is 19.6 Å². The fourth-order valence-electron chi connectivity index (χ4n) is 1.53. The van der Waals surface area contributed by atoms with Crippen molar-refractivity contribution in [2.24, 2.45) is 5.73 Å². The zero-order valence-electron chi connectivity index (χ0n) is 7.00. The Kier molecular flexibility index (Phi) is 3.83. The first-order chi connectivity index (χ1) is 5.33. The maximum Gasteiger partial charge on any atom is 0.0595 e. The molecule has 3 heteroatoms. The molecule has 66 valence electrons. The van der Waals surface area contributed by atoms with Gasteiger partial charge in [0.1, 0.15) is 0 Å². The van der Waals surface area contributed by atoms with Crippen LogP contribution in [0.5, 0.6) is 0 Å². The molecule has 0 unspecified atom stereocenters. The number of rotatable bonds is 3. The Labute approximate surface area is 68.2 Å². The molecule has 0 aromatic rings. The number of nitrogens with two attached hydrogens (primary N) is 1. The molecule has 3 N–H and O–H groups in total. The molecule has 11 heavy (non-hydrogen) atoms. The van der Waals surface area contributed by atoms with Gasteiger partial charge in [0.2, 0.25) is 0 Å². The van der Waals surface area contributed by atoms with Crippen molar-refractivity contribution in [1.29, 1.82) is 0 Å². The summed E-state index contributed by atoms with van der Waals surface area (Å²) in [6.07, 6.45) is 3.93. The maximum atomic E-state index is 8.71. The van der Waals surface area contributed by atoms with Gasteiger partial charge in [0, 0.05) is 12.6 Å². The number of hydrogen-bond donors (Lipinski definition) is 2. The van der Waals surface area contributed by atoms with Gasteiger partial charge in [0.05, 0.1) is 6.61 Å². The average molecular weight is 158 g/mol. The third-order valence-corrected chi connectivity index (χ3v) is 2.18. The van der Waals surface area contributed by atoms with Crippen LogP contribution in [0.4, 0.5) is 0 Å². The third-order valence-electron chi connectivity index (χ3n) is 2.18. The van der Waals surface area contributed by atoms with Crippen LogP contribution >= 0.6 is 0 Å². The van der Waals surface area contributed by atoms with Crippen molar-refractivity contribution in [3.63, 3.8) is 0 Å². The Morgan fingerprint density at radius 2 is 1.91 bits per heavy atom. The van der Waals surface area contributed by atoms with E-state index < -0.39 is 0 Å². The van der Waals surface area contributed by atoms with Crippen molar-refractivity contribution in [1.82, 2.24) is 4.90 Å². The van der Waals surface area contributed by atoms with E-state index in [1.807, 2.05) is 0 Å². The lowest BCUT2D eigenvalue weighted by molar-refractivity contribution is 0.180. The monoisotopic (exact) mass is 158 g/mol. The number of nitrogens with zero attached hydrogens (tertiary/aromatic N) is 1. The van der Waals surface area contributed by atoms with Gasteiger partial charge in [-0.2, -0.15) is 0 Å². The molecule has 3 nitrogen and oxygen atoms in total. The minimum atomic E-state index is -0.0481. The molecule has 1 aliphatic rings. The molecular weight excluding hydrogens is 140 g/mol. The van der Waals surface area contributed by atoms with E-state index in [9.17, 15) is 0 Å². The lowest BCUT2D eigenvalue weighted by Crippen LogP contribution is -2.42. The molecule has 0 aromatic carbocycles. The highest BCUT2D eigenvalue weighted by molar-refractivity contribution is 4.70. The molecule has 1 fully saturated rings. The van der Waals surface area contributed by atoms with Gasteiger partial charge in [-0.3, -0.25) is 0 Å². The van der Waals surface area contributed by atoms with Gasteiger partial charge in [-0.05, 0) is 25.9 Å². The van der Waals surface area contributed by atoms with Gasteiger partial charge in [-0.15, -0.1) is 0 Å². The quantitative estimate of drug-likeness (QED) is 0.597. The first kappa shape index (κ1) is 8.97. The lowest BCUT2D eigenvalue weighted by Gasteiger charge is -2.28. The van der Waals surface area contributed by atoms with Crippen LogP contribution in [0.1, 0.15) is 19.3 Å². The molecule has 1 saturated heterocycles. The van der Waals surface area contributed by atoms with Crippen LogP contribution in [0, 0.1) is 0 Å². The highest BCUT2D eigenvalue weighted by Crippen LogP contribution is 2.07. The molecule has 1 atom stereocenters. The highest BCUT2D eigenvalue weighted by Gasteiger charge is 2.12. The van der Waals surface area contributed by atoms with Crippen LogP contribution in [0.3, 0.4) is 0 Å². The van der Waals surface area contributed by atoms with Crippen molar-refractivity contribution >= 4 is 0 Å². The van der Waals surface area contributed by atoms with Crippen LogP contribution in [0.15, 0.2) is 0 Å². The summed E-state index contributed by atoms with van der Waals surface area (Å²) < 4.78 is 0. The normalized spacial score (nSPS) is 23.5. The van der Waals surface area contributed by atoms with E-state index in [0.29, 0.717) is 0 Å². The summed E-state index contributed by atoms with van der Waals surface area (Å²) in [4.78, 5) is 2.34. The Hall–Kier alpha value is -0.120. The van der Waals surface area contributed by atoms with Crippen molar-refractivity contribution in [3.05, 3.63) is 0 Å². The summed E-state index contributed by atoms with van der Waals surface area (Å²) >= 11 is 0. The topological polar surface area (TPSA) is 49.5 Å². The van der Waals surface area contributed by atoms with Crippen LogP contribution in [-0.2, 0) is 0 Å². The number of aliphatic hydroxyl groups is 1. The summed E-state index contributed by atoms with van der Waals surface area (Å²) in [6.45, 7) is 3.29. The van der Waals surface area contributed by atoms with E-state index in [2.05, 4.69) is 4.90 Å². The van der Waals surface area contributed by atoms with Crippen molar-refractivity contribution in [2.75, 3.05) is 26.2 Å². The Morgan fingerprint density at radius 3 is 2.45 bits per heavy atom. The SMILES string of the molecule is N[C@@H](CO)CN1CCCCC1. The van der Waals surface area contributed by atoms with Crippen molar-refractivity contribution in [3.8, 4) is 0 Å². The minimum absolute atomic E-state index is 0.0481. The molecule has 0 aliphatic carbocycles. The number of aliphatic hydroxyl groups excluding tert-OH is 1. The molecule has 0 radical (unpaired) electrons. The fraction of sp³-hybridized carbons (Fsp3) is 1.00. The Balaban J connectivity index is 2.13. The van der Waals surface area contributed by atoms with E-state index >= 15 is 0 Å². The summed E-state index contributed by atoms with van der Waals surface area (Å²) in [5.41, 5.74) is 5.61. The van der Waals surface area contributed by atoms with Crippen LogP contribution < -0.4 is 5.73 Å². The lowest BCUT2D eigenvalue weighted by atomic mass is 10.1. The summed E-state index contributed by atoms with van der Waals surface area (Å²) in [5, 5.41) is 8.71. The van der Waals surface area contributed by atoms with E-state index in [1.165, 1.54) is 19.3 Å². The molecule has 1 heterocycles. The molecule has 0 bridgehead atoms. The van der Waals surface area contributed by atoms with Crippen LogP contribution in [0.25, 0.3) is 0 Å². The van der Waals surface area contributed by atoms with Gasteiger partial charge in [-0.25, -0.2) is 0 Å². The van der Waals surface area contributed by atoms with Gasteiger partial charge >= 0.3 is 0 Å². The van der Waals surface area contributed by atoms with Gasteiger partial charge in [-0.1, -0.05) is 6.42 Å². The predicted molar refractivity (Wildman–Crippen MR) is 45.4 cm³/mol. The fourth-order valence-corrected chi connectivity index (χ4v) is 1.53. The highest BCUT2D eigenvalue weighted by atomic mass is 16.3. The van der Waals surface area contributed by atoms with Crippen LogP contribution in [-0.4, -0.2) is 42.3 Å². The predicted octanol–water partition coefficient (Wildman–Crippen LogP) is -0.208. The van der Waals surface area contributed by atoms with Gasteiger partial charge < -0.3 is 15.7 Å². The van der Waals surface area contributed by atoms with E-state index in [-0.39, 0.29) is 12.6 Å². The van der Waals surface area contributed by atoms with E-state index in [1.54, 1.807) is 0 Å². The molecule has 1 rings (SSSR count). The number of hydrogen-bond acceptors (Lipinski definition) is 3. The van der Waals surface area contributed by atoms with Gasteiger partial charge in [0.25, 0.3) is 0 Å². The first-order valence-electron chi connectivity index (χ1n) is 4.41. The molecule has 0 amide bonds. The third kappa shape index (κ3) is 3.18. The average Bonchev–Trinajstić information content (AvgIpc) is 2.06. The molecule has 0 aromatic heterocycles. The zero-order chi connectivity index (χ0) is 8.10. The molecule has 0 saturated carbocycles. The second-order valence-corrected chi connectivity index (χ2v) is 3.30. The summed E-state index contributed by atoms with van der Waals surface area (Å²) in [6, 6.07) is -0.0481. The summed E-state index contributed by atoms with van der Waals surface area (Å²) in [7, 11) is 0. The largest absolute Gasteiger partial charge is 0.395 e. The number of piperidine rings is 1. The minimum Gasteiger partial charge on any atom is -0.395 e. The van der Waals surface area contributed by atoms with Gasteiger partial charge in [0.15, 0.2) is 0 Å². The van der Waals surface area contributed by atoms with E-state index in [4.69, 9.17) is 10.8 Å². The molecule has 0 spiro atoms. The zero-order valence-corrected chi connectivity index (χ0v) is 7.00. The second-order valence-electron chi connectivity index (χ2n) is 3.30. The first-order valence-corrected chi connectivity index (χ1v) is 4.41. The summed E-state index contributed by atoms with van der Waals surface area (Å²) in [5.74, 6) is 0. The maximum absolute atomic E-state index is 8.71. The van der Waals surface area contributed by atoms with Crippen molar-refractivity contribution < 1.29 is 5.11 Å². The molecular formula is C8H18N2O. The Morgan fingerprint density at radius 1 is 1.27 bits per heavy atom. The standard InChI is InChI=1S/C8H18N2O/c9-8(7-11)6-10-4-2-1-3-5-10/h8,11H,1-7,9H2/t8-/m1/s1. The van der Waals surface area contributed by atoms with Crippen LogP contribution in [0.2, 0.25) is 0 Å². The van der Waals surface area contributed by atoms with Crippen molar-refractivity contribution in [2.45, 2.75) is 25.3 Å². The smallest absolute Gasteiger partial charge is 0.0595 e. The Bertz CT molecular complexity index is 102. The second kappa shape index (κ2) is 4.70.